The second-order valence-electron chi connectivity index (χ2n) is 4.38. The van der Waals surface area contributed by atoms with Crippen molar-refractivity contribution in [2.24, 2.45) is 5.92 Å². The van der Waals surface area contributed by atoms with Crippen LogP contribution in [0, 0.1) is 5.92 Å². The first kappa shape index (κ1) is 12.4. The van der Waals surface area contributed by atoms with E-state index in [9.17, 15) is 9.59 Å². The van der Waals surface area contributed by atoms with Gasteiger partial charge < -0.3 is 14.7 Å². The molecule has 1 amide bonds. The fourth-order valence-electron chi connectivity index (χ4n) is 2.26. The minimum Gasteiger partial charge on any atom is -0.497 e. The average Bonchev–Trinajstić information content (AvgIpc) is 2.65. The third-order valence-corrected chi connectivity index (χ3v) is 3.20. The number of carboxylic acids is 1. The maximum Gasteiger partial charge on any atom is 0.316 e. The molecule has 0 spiro atoms. The highest BCUT2D eigenvalue weighted by Crippen LogP contribution is 2.31. The largest absolute Gasteiger partial charge is 0.497 e. The predicted octanol–water partition coefficient (Wildman–Crippen LogP) is 1.52. The number of carbonyl (C=O) groups excluding carboxylic acids is 1. The Hall–Kier alpha value is -2.04. The molecule has 1 fully saturated rings. The normalized spacial score (nSPS) is 23.2. The van der Waals surface area contributed by atoms with E-state index in [2.05, 4.69) is 0 Å². The fourth-order valence-corrected chi connectivity index (χ4v) is 2.26. The summed E-state index contributed by atoms with van der Waals surface area (Å²) in [6, 6.07) is 6.92. The van der Waals surface area contributed by atoms with Gasteiger partial charge in [0, 0.05) is 11.7 Å². The highest BCUT2D eigenvalue weighted by molar-refractivity contribution is 6.08. The molecule has 0 bridgehead atoms. The van der Waals surface area contributed by atoms with Crippen LogP contribution in [0.1, 0.15) is 13.3 Å². The number of aliphatic carboxylic acids is 1. The number of amides is 1. The summed E-state index contributed by atoms with van der Waals surface area (Å²) in [5.74, 6) is -1.63. The maximum atomic E-state index is 12.0. The van der Waals surface area contributed by atoms with Crippen LogP contribution in [0.25, 0.3) is 0 Å². The highest BCUT2D eigenvalue weighted by atomic mass is 16.5. The van der Waals surface area contributed by atoms with Crippen molar-refractivity contribution in [1.82, 2.24) is 0 Å². The van der Waals surface area contributed by atoms with Gasteiger partial charge in [0.25, 0.3) is 0 Å². The van der Waals surface area contributed by atoms with Crippen LogP contribution < -0.4 is 9.64 Å². The van der Waals surface area contributed by atoms with E-state index in [0.29, 0.717) is 17.9 Å². The van der Waals surface area contributed by atoms with Gasteiger partial charge in [-0.25, -0.2) is 0 Å². The van der Waals surface area contributed by atoms with Gasteiger partial charge in [0.1, 0.15) is 11.7 Å². The summed E-state index contributed by atoms with van der Waals surface area (Å²) < 4.78 is 5.05. The Kier molecular flexibility index (Phi) is 3.23. The third kappa shape index (κ3) is 2.03. The average molecular weight is 249 g/mol. The van der Waals surface area contributed by atoms with Gasteiger partial charge in [-0.2, -0.15) is 0 Å². The lowest BCUT2D eigenvalue weighted by atomic mass is 10.1. The number of anilines is 1. The molecule has 1 aliphatic rings. The standard InChI is InChI=1S/C13H15NO4/c1-8-7-11(13(16)17)12(15)14(8)9-3-5-10(18-2)6-4-9/h3-6,8,11H,7H2,1-2H3,(H,16,17). The first-order valence-corrected chi connectivity index (χ1v) is 5.74. The number of ether oxygens (including phenoxy) is 1. The van der Waals surface area contributed by atoms with Crippen LogP contribution in [0.5, 0.6) is 5.75 Å². The number of nitrogens with zero attached hydrogens (tertiary/aromatic N) is 1. The number of carbonyl (C=O) groups is 2. The van der Waals surface area contributed by atoms with Gasteiger partial charge >= 0.3 is 5.97 Å². The van der Waals surface area contributed by atoms with Gasteiger partial charge in [-0.1, -0.05) is 0 Å². The topological polar surface area (TPSA) is 66.8 Å². The van der Waals surface area contributed by atoms with Crippen molar-refractivity contribution >= 4 is 17.6 Å². The second kappa shape index (κ2) is 4.68. The number of rotatable bonds is 3. The van der Waals surface area contributed by atoms with Gasteiger partial charge in [0.2, 0.25) is 5.91 Å². The molecule has 5 heteroatoms. The van der Waals surface area contributed by atoms with Gasteiger partial charge in [0.05, 0.1) is 7.11 Å². The smallest absolute Gasteiger partial charge is 0.316 e. The molecule has 1 aromatic rings. The Morgan fingerprint density at radius 1 is 1.39 bits per heavy atom. The fraction of sp³-hybridized carbons (Fsp3) is 0.385. The first-order valence-electron chi connectivity index (χ1n) is 5.74. The number of hydrogen-bond acceptors (Lipinski definition) is 3. The lowest BCUT2D eigenvalue weighted by Gasteiger charge is -2.21. The molecule has 0 saturated carbocycles. The van der Waals surface area contributed by atoms with Crippen LogP contribution in [-0.2, 0) is 9.59 Å². The van der Waals surface area contributed by atoms with Crippen LogP contribution in [0.2, 0.25) is 0 Å². The Bertz CT molecular complexity index is 468. The van der Waals surface area contributed by atoms with Crippen molar-refractivity contribution in [3.63, 3.8) is 0 Å². The van der Waals surface area contributed by atoms with E-state index in [4.69, 9.17) is 9.84 Å². The Morgan fingerprint density at radius 2 is 2.00 bits per heavy atom. The zero-order valence-corrected chi connectivity index (χ0v) is 10.3. The number of carboxylic acid groups (broad SMARTS) is 1. The van der Waals surface area contributed by atoms with Crippen LogP contribution in [-0.4, -0.2) is 30.1 Å². The summed E-state index contributed by atoms with van der Waals surface area (Å²) in [5.41, 5.74) is 0.706. The molecule has 1 saturated heterocycles. The molecule has 1 heterocycles. The molecule has 18 heavy (non-hydrogen) atoms. The highest BCUT2D eigenvalue weighted by Gasteiger charge is 2.42. The molecule has 2 rings (SSSR count). The molecule has 2 atom stereocenters. The van der Waals surface area contributed by atoms with Crippen LogP contribution in [0.3, 0.4) is 0 Å². The van der Waals surface area contributed by atoms with E-state index >= 15 is 0 Å². The number of benzene rings is 1. The molecule has 2 unspecified atom stereocenters. The molecule has 96 valence electrons. The SMILES string of the molecule is COc1ccc(N2C(=O)C(C(=O)O)CC2C)cc1. The number of hydrogen-bond donors (Lipinski definition) is 1. The molecule has 1 aromatic carbocycles. The van der Waals surface area contributed by atoms with Gasteiger partial charge in [0.15, 0.2) is 0 Å². The minimum absolute atomic E-state index is 0.105. The summed E-state index contributed by atoms with van der Waals surface area (Å²) in [5, 5.41) is 8.98. The molecule has 0 aromatic heterocycles. The van der Waals surface area contributed by atoms with Crippen molar-refractivity contribution in [2.45, 2.75) is 19.4 Å². The van der Waals surface area contributed by atoms with E-state index < -0.39 is 11.9 Å². The zero-order valence-electron chi connectivity index (χ0n) is 10.3. The van der Waals surface area contributed by atoms with Crippen LogP contribution >= 0.6 is 0 Å². The monoisotopic (exact) mass is 249 g/mol. The van der Waals surface area contributed by atoms with Gasteiger partial charge in [-0.05, 0) is 37.6 Å². The first-order chi connectivity index (χ1) is 8.54. The molecule has 0 radical (unpaired) electrons. The van der Waals surface area contributed by atoms with E-state index in [1.54, 1.807) is 31.4 Å². The molecule has 0 aliphatic carbocycles. The van der Waals surface area contributed by atoms with Crippen molar-refractivity contribution in [3.05, 3.63) is 24.3 Å². The van der Waals surface area contributed by atoms with Gasteiger partial charge in [-0.3, -0.25) is 9.59 Å². The van der Waals surface area contributed by atoms with Crippen LogP contribution in [0.15, 0.2) is 24.3 Å². The van der Waals surface area contributed by atoms with Gasteiger partial charge in [-0.15, -0.1) is 0 Å². The summed E-state index contributed by atoms with van der Waals surface area (Å²) in [6.07, 6.45) is 0.347. The Labute approximate surface area is 105 Å². The third-order valence-electron chi connectivity index (χ3n) is 3.20. The molecular formula is C13H15NO4. The van der Waals surface area contributed by atoms with Crippen molar-refractivity contribution in [2.75, 3.05) is 12.0 Å². The van der Waals surface area contributed by atoms with E-state index in [1.807, 2.05) is 6.92 Å². The zero-order chi connectivity index (χ0) is 13.3. The summed E-state index contributed by atoms with van der Waals surface area (Å²) in [7, 11) is 1.57. The predicted molar refractivity (Wildman–Crippen MR) is 65.7 cm³/mol. The quantitative estimate of drug-likeness (QED) is 0.825. The van der Waals surface area contributed by atoms with E-state index in [1.165, 1.54) is 4.90 Å². The molecule has 1 N–H and O–H groups in total. The lowest BCUT2D eigenvalue weighted by molar-refractivity contribution is -0.144. The van der Waals surface area contributed by atoms with E-state index in [-0.39, 0.29) is 11.9 Å². The summed E-state index contributed by atoms with van der Waals surface area (Å²) >= 11 is 0. The Balaban J connectivity index is 2.27. The van der Waals surface area contributed by atoms with Crippen molar-refractivity contribution in [1.29, 1.82) is 0 Å². The van der Waals surface area contributed by atoms with Crippen molar-refractivity contribution in [3.8, 4) is 5.75 Å². The Morgan fingerprint density at radius 3 is 2.44 bits per heavy atom. The summed E-state index contributed by atoms with van der Waals surface area (Å²) in [6.45, 7) is 1.85. The second-order valence-corrected chi connectivity index (χ2v) is 4.38. The molecule has 1 aliphatic heterocycles. The van der Waals surface area contributed by atoms with Crippen molar-refractivity contribution < 1.29 is 19.4 Å². The maximum absolute atomic E-state index is 12.0. The molecular weight excluding hydrogens is 234 g/mol. The van der Waals surface area contributed by atoms with E-state index in [0.717, 1.165) is 0 Å². The van der Waals surface area contributed by atoms with Crippen LogP contribution in [0.4, 0.5) is 5.69 Å². The minimum atomic E-state index is -1.05. The molecule has 5 nitrogen and oxygen atoms in total. The summed E-state index contributed by atoms with van der Waals surface area (Å²) in [4.78, 5) is 24.5. The number of methoxy groups -OCH3 is 1. The lowest BCUT2D eigenvalue weighted by Crippen LogP contribution is -2.33.